The topological polar surface area (TPSA) is 133 Å². The molecule has 0 saturated carbocycles. The molecule has 1 rings (SSSR count). The molecule has 0 bridgehead atoms. The number of aromatic nitrogens is 1. The number of rotatable bonds is 12. The molecule has 1 unspecified atom stereocenters. The molecule has 8 heteroatoms. The molecule has 162 valence electrons. The number of methoxy groups -OCH3 is 1. The fraction of sp³-hybridized carbons (Fsp3) is 0.700. The van der Waals surface area contributed by atoms with Gasteiger partial charge >= 0.3 is 0 Å². The van der Waals surface area contributed by atoms with Crippen molar-refractivity contribution in [3.8, 4) is 0 Å². The maximum absolute atomic E-state index is 10.9. The molecule has 0 spiro atoms. The number of hydrogen-bond acceptors (Lipinski definition) is 6. The zero-order valence-corrected chi connectivity index (χ0v) is 17.5. The van der Waals surface area contributed by atoms with Crippen molar-refractivity contribution < 1.29 is 30.5 Å². The summed E-state index contributed by atoms with van der Waals surface area (Å²) in [5, 5.41) is 49.8. The van der Waals surface area contributed by atoms with Crippen molar-refractivity contribution in [1.29, 1.82) is 0 Å². The van der Waals surface area contributed by atoms with Crippen LogP contribution in [0.15, 0.2) is 23.9 Å². The van der Waals surface area contributed by atoms with Gasteiger partial charge in [-0.25, -0.2) is 5.21 Å². The summed E-state index contributed by atoms with van der Waals surface area (Å²) in [6.45, 7) is 7.25. The van der Waals surface area contributed by atoms with Crippen molar-refractivity contribution in [2.24, 2.45) is 0 Å². The van der Waals surface area contributed by atoms with E-state index in [2.05, 4.69) is 4.98 Å². The summed E-state index contributed by atoms with van der Waals surface area (Å²) in [5.74, 6) is 0.0549. The lowest BCUT2D eigenvalue weighted by molar-refractivity contribution is -0.993. The van der Waals surface area contributed by atoms with Crippen LogP contribution in [0.4, 0.5) is 5.82 Å². The number of aliphatic hydroxyl groups is 3. The summed E-state index contributed by atoms with van der Waals surface area (Å²) in [6, 6.07) is 1.46. The summed E-state index contributed by atoms with van der Waals surface area (Å²) in [6.07, 6.45) is 4.39. The number of hydrogen-bond donors (Lipinski definition) is 6. The van der Waals surface area contributed by atoms with E-state index in [0.29, 0.717) is 24.8 Å². The molecular formula is C20H36N2O6. The Morgan fingerprint density at radius 2 is 1.96 bits per heavy atom. The Kier molecular flexibility index (Phi) is 9.29. The maximum Gasteiger partial charge on any atom is 0.237 e. The highest BCUT2D eigenvalue weighted by Crippen LogP contribution is 2.23. The molecule has 0 radical (unpaired) electrons. The van der Waals surface area contributed by atoms with E-state index < -0.39 is 28.6 Å². The van der Waals surface area contributed by atoms with Crippen LogP contribution < -0.4 is 5.23 Å². The number of ether oxygens (including phenoxy) is 1. The molecule has 8 nitrogen and oxygen atoms in total. The van der Waals surface area contributed by atoms with Gasteiger partial charge in [0.15, 0.2) is 0 Å². The van der Waals surface area contributed by atoms with E-state index in [1.54, 1.807) is 14.0 Å². The molecule has 1 aromatic heterocycles. The number of aromatic amines is 1. The summed E-state index contributed by atoms with van der Waals surface area (Å²) in [5.41, 5.74) is -0.151. The van der Waals surface area contributed by atoms with Gasteiger partial charge in [0, 0.05) is 25.8 Å². The molecular weight excluding hydrogens is 364 g/mol. The molecule has 0 aliphatic carbocycles. The van der Waals surface area contributed by atoms with Gasteiger partial charge < -0.3 is 30.2 Å². The minimum absolute atomic E-state index is 0.0549. The monoisotopic (exact) mass is 400 g/mol. The van der Waals surface area contributed by atoms with Crippen molar-refractivity contribution >= 4 is 5.82 Å². The number of aliphatic hydroxyl groups excluding tert-OH is 2. The van der Waals surface area contributed by atoms with Gasteiger partial charge in [-0.1, -0.05) is 11.6 Å². The number of H-pyrrole nitrogens is 1. The van der Waals surface area contributed by atoms with E-state index in [1.807, 2.05) is 26.8 Å². The van der Waals surface area contributed by atoms with Crippen LogP contribution in [0.1, 0.15) is 58.9 Å². The Morgan fingerprint density at radius 3 is 2.50 bits per heavy atom. The van der Waals surface area contributed by atoms with Crippen molar-refractivity contribution in [3.63, 3.8) is 0 Å². The predicted octanol–water partition coefficient (Wildman–Crippen LogP) is 1.37. The third-order valence-electron chi connectivity index (χ3n) is 5.40. The zero-order valence-electron chi connectivity index (χ0n) is 17.5. The van der Waals surface area contributed by atoms with Gasteiger partial charge in [-0.3, -0.25) is 0 Å². The summed E-state index contributed by atoms with van der Waals surface area (Å²) >= 11 is 0. The van der Waals surface area contributed by atoms with Crippen LogP contribution in [-0.4, -0.2) is 56.0 Å². The number of quaternary nitrogens is 1. The van der Waals surface area contributed by atoms with E-state index in [9.17, 15) is 20.5 Å². The average Bonchev–Trinajstić information content (AvgIpc) is 3.08. The van der Waals surface area contributed by atoms with Crippen LogP contribution in [0.3, 0.4) is 0 Å². The fourth-order valence-electron chi connectivity index (χ4n) is 2.85. The van der Waals surface area contributed by atoms with E-state index in [-0.39, 0.29) is 12.2 Å². The molecule has 4 atom stereocenters. The van der Waals surface area contributed by atoms with Crippen LogP contribution >= 0.6 is 0 Å². The Morgan fingerprint density at radius 1 is 1.32 bits per heavy atom. The van der Waals surface area contributed by atoms with E-state index in [1.165, 1.54) is 12.3 Å². The zero-order chi connectivity index (χ0) is 21.5. The molecule has 0 aromatic carbocycles. The molecule has 0 saturated heterocycles. The molecule has 0 aliphatic rings. The predicted molar refractivity (Wildman–Crippen MR) is 106 cm³/mol. The minimum atomic E-state index is -1.30. The van der Waals surface area contributed by atoms with E-state index >= 15 is 0 Å². The van der Waals surface area contributed by atoms with Crippen LogP contribution in [0.2, 0.25) is 0 Å². The highest BCUT2D eigenvalue weighted by Gasteiger charge is 2.30. The summed E-state index contributed by atoms with van der Waals surface area (Å²) in [4.78, 5) is 2.63. The molecule has 28 heavy (non-hydrogen) atoms. The lowest BCUT2D eigenvalue weighted by Crippen LogP contribution is -2.99. The van der Waals surface area contributed by atoms with Crippen molar-refractivity contribution in [2.75, 3.05) is 7.11 Å². The number of nitrogens with one attached hydrogen (secondary N) is 2. The Balaban J connectivity index is 2.48. The molecule has 1 heterocycles. The number of allylic oxidation sites excluding steroid dienone is 2. The molecule has 0 aliphatic heterocycles. The molecule has 0 amide bonds. The average molecular weight is 401 g/mol. The van der Waals surface area contributed by atoms with Crippen LogP contribution in [-0.2, 0) is 11.2 Å². The van der Waals surface area contributed by atoms with Crippen LogP contribution in [0.25, 0.3) is 0 Å². The smallest absolute Gasteiger partial charge is 0.237 e. The van der Waals surface area contributed by atoms with E-state index in [0.717, 1.165) is 12.0 Å². The standard InChI is InChI=1S/C20H36N2O6/c1-14(8-9-16(23)19(2,3)28-5)7-6-10-20(4,25)17(24)11-15-12-18(21-13-15)22(26)27/h7,12-13,16-17,21-26H,6,8-11H2,1-5H3/b14-7+/t16-,17+,20-/m0/s1. The summed E-state index contributed by atoms with van der Waals surface area (Å²) in [7, 11) is 1.58. The van der Waals surface area contributed by atoms with Gasteiger partial charge in [-0.05, 0) is 58.9 Å². The second-order valence-electron chi connectivity index (χ2n) is 8.26. The Bertz CT molecular complexity index is 624. The van der Waals surface area contributed by atoms with Crippen LogP contribution in [0, 0.1) is 5.21 Å². The van der Waals surface area contributed by atoms with Gasteiger partial charge in [-0.15, -0.1) is 0 Å². The van der Waals surface area contributed by atoms with Gasteiger partial charge in [0.2, 0.25) is 5.82 Å². The Hall–Kier alpha value is -1.26. The van der Waals surface area contributed by atoms with Gasteiger partial charge in [0.25, 0.3) is 0 Å². The molecule has 6 N–H and O–H groups in total. The normalized spacial score (nSPS) is 18.6. The first-order valence-corrected chi connectivity index (χ1v) is 9.59. The maximum atomic E-state index is 10.9. The third-order valence-corrected chi connectivity index (χ3v) is 5.40. The van der Waals surface area contributed by atoms with Gasteiger partial charge in [0.05, 0.1) is 23.4 Å². The second-order valence-corrected chi connectivity index (χ2v) is 8.26. The van der Waals surface area contributed by atoms with Crippen molar-refractivity contribution in [2.45, 2.75) is 83.2 Å². The van der Waals surface area contributed by atoms with Crippen molar-refractivity contribution in [3.05, 3.63) is 34.7 Å². The molecule has 0 fully saturated rings. The SMILES string of the molecule is COC(C)(C)[C@@H](O)CC/C(C)=C/CC[C@](C)(O)[C@H](O)Cc1c[nH]c([NH+]([O-])O)c1. The lowest BCUT2D eigenvalue weighted by Gasteiger charge is -2.29. The first-order chi connectivity index (χ1) is 12.9. The molecule has 1 aromatic rings. The first kappa shape index (κ1) is 24.8. The fourth-order valence-corrected chi connectivity index (χ4v) is 2.85. The van der Waals surface area contributed by atoms with Gasteiger partial charge in [-0.2, -0.15) is 5.23 Å². The van der Waals surface area contributed by atoms with E-state index in [4.69, 9.17) is 9.94 Å². The Labute approximate surface area is 167 Å². The lowest BCUT2D eigenvalue weighted by atomic mass is 9.89. The van der Waals surface area contributed by atoms with Crippen molar-refractivity contribution in [1.82, 2.24) is 4.98 Å². The first-order valence-electron chi connectivity index (χ1n) is 9.59. The highest BCUT2D eigenvalue weighted by molar-refractivity contribution is 5.27. The second kappa shape index (κ2) is 10.5. The minimum Gasteiger partial charge on any atom is -0.594 e. The highest BCUT2D eigenvalue weighted by atomic mass is 16.8. The quantitative estimate of drug-likeness (QED) is 0.232. The van der Waals surface area contributed by atoms with Crippen LogP contribution in [0.5, 0.6) is 0 Å². The van der Waals surface area contributed by atoms with Gasteiger partial charge in [0.1, 0.15) is 0 Å². The summed E-state index contributed by atoms with van der Waals surface area (Å²) < 4.78 is 5.28. The third kappa shape index (κ3) is 7.63. The largest absolute Gasteiger partial charge is 0.594 e.